The Bertz CT molecular complexity index is 758. The highest BCUT2D eigenvalue weighted by molar-refractivity contribution is 5.75. The summed E-state index contributed by atoms with van der Waals surface area (Å²) in [5.74, 6) is 1.20. The van der Waals surface area contributed by atoms with Crippen molar-refractivity contribution in [2.24, 2.45) is 5.73 Å². The van der Waals surface area contributed by atoms with E-state index in [4.69, 9.17) is 19.9 Å². The Morgan fingerprint density at radius 1 is 1.12 bits per heavy atom. The molecule has 0 aliphatic heterocycles. The van der Waals surface area contributed by atoms with Gasteiger partial charge in [0, 0.05) is 5.56 Å². The topological polar surface area (TPSA) is 70.8 Å². The predicted octanol–water partition coefficient (Wildman–Crippen LogP) is 3.32. The van der Waals surface area contributed by atoms with Crippen LogP contribution in [0.5, 0.6) is 11.5 Å². The van der Waals surface area contributed by atoms with Crippen molar-refractivity contribution in [3.8, 4) is 11.5 Å². The quantitative estimate of drug-likeness (QED) is 0.734. The highest BCUT2D eigenvalue weighted by Gasteiger charge is 2.16. The van der Waals surface area contributed by atoms with Gasteiger partial charge >= 0.3 is 5.97 Å². The van der Waals surface area contributed by atoms with Gasteiger partial charge in [-0.2, -0.15) is 0 Å². The SMILES string of the molecule is CCOC(=O)C(N)Cc1ccc(OC)c(COc2cc(C)ccc2C)c1. The number of carbonyl (C=O) groups excluding carboxylic acids is 1. The van der Waals surface area contributed by atoms with Crippen LogP contribution in [0, 0.1) is 13.8 Å². The molecule has 2 N–H and O–H groups in total. The van der Waals surface area contributed by atoms with Gasteiger partial charge in [-0.05, 0) is 62.1 Å². The minimum Gasteiger partial charge on any atom is -0.496 e. The lowest BCUT2D eigenvalue weighted by atomic mass is 10.0. The first kappa shape index (κ1) is 19.8. The molecule has 0 bridgehead atoms. The molecule has 0 aliphatic carbocycles. The minimum absolute atomic E-state index is 0.323. The Labute approximate surface area is 155 Å². The second-order valence-corrected chi connectivity index (χ2v) is 6.27. The standard InChI is InChI=1S/C21H27NO4/c1-5-25-21(23)18(22)12-16-8-9-19(24-4)17(11-16)13-26-20-10-14(2)6-7-15(20)3/h6-11,18H,5,12-13,22H2,1-4H3. The highest BCUT2D eigenvalue weighted by atomic mass is 16.5. The van der Waals surface area contributed by atoms with Gasteiger partial charge < -0.3 is 19.9 Å². The molecule has 26 heavy (non-hydrogen) atoms. The van der Waals surface area contributed by atoms with E-state index in [1.54, 1.807) is 14.0 Å². The van der Waals surface area contributed by atoms with Crippen LogP contribution in [0.25, 0.3) is 0 Å². The normalized spacial score (nSPS) is 11.7. The second-order valence-electron chi connectivity index (χ2n) is 6.27. The molecule has 5 heteroatoms. The third-order valence-electron chi connectivity index (χ3n) is 4.12. The van der Waals surface area contributed by atoms with Crippen LogP contribution in [0.1, 0.15) is 29.2 Å². The van der Waals surface area contributed by atoms with Crippen LogP contribution in [0.4, 0.5) is 0 Å². The summed E-state index contributed by atoms with van der Waals surface area (Å²) in [4.78, 5) is 11.7. The third kappa shape index (κ3) is 5.23. The number of rotatable bonds is 8. The van der Waals surface area contributed by atoms with Gasteiger partial charge in [-0.25, -0.2) is 0 Å². The number of methoxy groups -OCH3 is 1. The summed E-state index contributed by atoms with van der Waals surface area (Å²) in [6.45, 7) is 6.51. The molecule has 5 nitrogen and oxygen atoms in total. The van der Waals surface area contributed by atoms with Gasteiger partial charge in [-0.3, -0.25) is 4.79 Å². The average Bonchev–Trinajstić information content (AvgIpc) is 2.62. The predicted molar refractivity (Wildman–Crippen MR) is 102 cm³/mol. The molecule has 140 valence electrons. The molecule has 0 spiro atoms. The molecule has 2 rings (SSSR count). The van der Waals surface area contributed by atoms with Crippen molar-refractivity contribution in [2.75, 3.05) is 13.7 Å². The summed E-state index contributed by atoms with van der Waals surface area (Å²) < 4.78 is 16.4. The zero-order chi connectivity index (χ0) is 19.1. The maximum absolute atomic E-state index is 11.7. The van der Waals surface area contributed by atoms with Crippen molar-refractivity contribution in [3.63, 3.8) is 0 Å². The molecule has 0 saturated carbocycles. The summed E-state index contributed by atoms with van der Waals surface area (Å²) in [5.41, 5.74) is 9.98. The molecule has 1 atom stereocenters. The van der Waals surface area contributed by atoms with Crippen LogP contribution in [0.15, 0.2) is 36.4 Å². The van der Waals surface area contributed by atoms with Gasteiger partial charge in [0.2, 0.25) is 0 Å². The van der Waals surface area contributed by atoms with Crippen LogP contribution >= 0.6 is 0 Å². The van der Waals surface area contributed by atoms with E-state index in [0.29, 0.717) is 19.6 Å². The van der Waals surface area contributed by atoms with E-state index in [9.17, 15) is 4.79 Å². The van der Waals surface area contributed by atoms with E-state index >= 15 is 0 Å². The van der Waals surface area contributed by atoms with Gasteiger partial charge in [0.05, 0.1) is 13.7 Å². The fraction of sp³-hybridized carbons (Fsp3) is 0.381. The third-order valence-corrected chi connectivity index (χ3v) is 4.12. The molecular weight excluding hydrogens is 330 g/mol. The molecule has 0 heterocycles. The van der Waals surface area contributed by atoms with Gasteiger partial charge in [0.25, 0.3) is 0 Å². The van der Waals surface area contributed by atoms with Crippen molar-refractivity contribution < 1.29 is 19.0 Å². The summed E-state index contributed by atoms with van der Waals surface area (Å²) in [6, 6.07) is 11.2. The van der Waals surface area contributed by atoms with Crippen LogP contribution in [0.2, 0.25) is 0 Å². The van der Waals surface area contributed by atoms with E-state index in [0.717, 1.165) is 33.8 Å². The second kappa shape index (κ2) is 9.25. The van der Waals surface area contributed by atoms with Crippen molar-refractivity contribution in [2.45, 2.75) is 39.8 Å². The highest BCUT2D eigenvalue weighted by Crippen LogP contribution is 2.25. The molecule has 2 aromatic carbocycles. The van der Waals surface area contributed by atoms with E-state index in [1.165, 1.54) is 0 Å². The number of hydrogen-bond acceptors (Lipinski definition) is 5. The van der Waals surface area contributed by atoms with E-state index in [-0.39, 0.29) is 0 Å². The lowest BCUT2D eigenvalue weighted by molar-refractivity contribution is -0.144. The number of aryl methyl sites for hydroxylation is 2. The Balaban J connectivity index is 2.13. The molecule has 0 aromatic heterocycles. The summed E-state index contributed by atoms with van der Waals surface area (Å²) in [5, 5.41) is 0. The summed E-state index contributed by atoms with van der Waals surface area (Å²) in [6.07, 6.45) is 0.402. The Kier molecular flexibility index (Phi) is 7.04. The van der Waals surface area contributed by atoms with Crippen LogP contribution in [0.3, 0.4) is 0 Å². The molecule has 0 aliphatic rings. The Hall–Kier alpha value is -2.53. The number of carbonyl (C=O) groups is 1. The van der Waals surface area contributed by atoms with Crippen LogP contribution in [-0.2, 0) is 22.6 Å². The number of nitrogens with two attached hydrogens (primary N) is 1. The lowest BCUT2D eigenvalue weighted by Gasteiger charge is -2.15. The zero-order valence-electron chi connectivity index (χ0n) is 15.9. The fourth-order valence-electron chi connectivity index (χ4n) is 2.68. The maximum Gasteiger partial charge on any atom is 0.323 e. The van der Waals surface area contributed by atoms with E-state index in [1.807, 2.05) is 44.2 Å². The number of esters is 1. The number of ether oxygens (including phenoxy) is 3. The molecular formula is C21H27NO4. The smallest absolute Gasteiger partial charge is 0.323 e. The molecule has 2 aromatic rings. The largest absolute Gasteiger partial charge is 0.496 e. The monoisotopic (exact) mass is 357 g/mol. The molecule has 0 saturated heterocycles. The van der Waals surface area contributed by atoms with Gasteiger partial charge in [-0.15, -0.1) is 0 Å². The van der Waals surface area contributed by atoms with E-state index < -0.39 is 12.0 Å². The maximum atomic E-state index is 11.7. The lowest BCUT2D eigenvalue weighted by Crippen LogP contribution is -2.34. The van der Waals surface area contributed by atoms with Gasteiger partial charge in [0.15, 0.2) is 0 Å². The Morgan fingerprint density at radius 2 is 1.88 bits per heavy atom. The molecule has 0 amide bonds. The Morgan fingerprint density at radius 3 is 2.58 bits per heavy atom. The van der Waals surface area contributed by atoms with Crippen molar-refractivity contribution in [1.82, 2.24) is 0 Å². The van der Waals surface area contributed by atoms with E-state index in [2.05, 4.69) is 6.07 Å². The van der Waals surface area contributed by atoms with Crippen LogP contribution in [-0.4, -0.2) is 25.7 Å². The summed E-state index contributed by atoms with van der Waals surface area (Å²) in [7, 11) is 1.63. The average molecular weight is 357 g/mol. The minimum atomic E-state index is -0.684. The van der Waals surface area contributed by atoms with Crippen LogP contribution < -0.4 is 15.2 Å². The van der Waals surface area contributed by atoms with Gasteiger partial charge in [0.1, 0.15) is 24.1 Å². The molecule has 0 fully saturated rings. The fourth-order valence-corrected chi connectivity index (χ4v) is 2.68. The number of hydrogen-bond donors (Lipinski definition) is 1. The number of benzene rings is 2. The zero-order valence-corrected chi connectivity index (χ0v) is 15.9. The molecule has 1 unspecified atom stereocenters. The summed E-state index contributed by atoms with van der Waals surface area (Å²) >= 11 is 0. The van der Waals surface area contributed by atoms with Crippen molar-refractivity contribution in [3.05, 3.63) is 58.7 Å². The van der Waals surface area contributed by atoms with Crippen molar-refractivity contribution in [1.29, 1.82) is 0 Å². The first-order chi connectivity index (χ1) is 12.4. The molecule has 0 radical (unpaired) electrons. The first-order valence-corrected chi connectivity index (χ1v) is 8.72. The first-order valence-electron chi connectivity index (χ1n) is 8.72. The van der Waals surface area contributed by atoms with Crippen molar-refractivity contribution >= 4 is 5.97 Å². The van der Waals surface area contributed by atoms with Gasteiger partial charge in [-0.1, -0.05) is 18.2 Å².